The van der Waals surface area contributed by atoms with E-state index in [0.717, 1.165) is 4.96 Å². The summed E-state index contributed by atoms with van der Waals surface area (Å²) in [5, 5.41) is 1.93. The standard InChI is InChI=1S/C12H14N4O2S/c1-9(17)14-2-4-15(5-3-14)11(18)10-8-16-6-7-19-12(16)13-10/h6-8H,2-5H2,1H3. The topological polar surface area (TPSA) is 57.9 Å². The van der Waals surface area contributed by atoms with Crippen LogP contribution in [0.2, 0.25) is 0 Å². The second-order valence-corrected chi connectivity index (χ2v) is 5.39. The maximum atomic E-state index is 12.3. The van der Waals surface area contributed by atoms with Gasteiger partial charge in [0.25, 0.3) is 5.91 Å². The van der Waals surface area contributed by atoms with E-state index in [9.17, 15) is 9.59 Å². The van der Waals surface area contributed by atoms with E-state index >= 15 is 0 Å². The Bertz CT molecular complexity index is 596. The number of nitrogens with zero attached hydrogens (tertiary/aromatic N) is 4. The highest BCUT2D eigenvalue weighted by Crippen LogP contribution is 2.14. The van der Waals surface area contributed by atoms with Gasteiger partial charge in [-0.15, -0.1) is 11.3 Å². The summed E-state index contributed by atoms with van der Waals surface area (Å²) in [4.78, 5) is 32.2. The minimum atomic E-state index is -0.0564. The molecule has 1 saturated heterocycles. The Labute approximate surface area is 114 Å². The highest BCUT2D eigenvalue weighted by atomic mass is 32.1. The van der Waals surface area contributed by atoms with E-state index in [1.165, 1.54) is 11.3 Å². The number of piperazine rings is 1. The molecule has 2 amide bonds. The lowest BCUT2D eigenvalue weighted by Crippen LogP contribution is -2.50. The molecule has 0 aliphatic carbocycles. The summed E-state index contributed by atoms with van der Waals surface area (Å²) in [7, 11) is 0. The number of fused-ring (bicyclic) bond motifs is 1. The molecule has 7 heteroatoms. The van der Waals surface area contributed by atoms with Crippen molar-refractivity contribution in [2.45, 2.75) is 6.92 Å². The molecule has 0 unspecified atom stereocenters. The molecule has 2 aromatic heterocycles. The number of imidazole rings is 1. The first-order valence-electron chi connectivity index (χ1n) is 6.12. The fourth-order valence-electron chi connectivity index (χ4n) is 2.22. The molecule has 100 valence electrons. The molecular formula is C12H14N4O2S. The van der Waals surface area contributed by atoms with E-state index in [1.807, 2.05) is 16.0 Å². The van der Waals surface area contributed by atoms with Crippen LogP contribution in [0.3, 0.4) is 0 Å². The summed E-state index contributed by atoms with van der Waals surface area (Å²) in [5.74, 6) is 0.00806. The summed E-state index contributed by atoms with van der Waals surface area (Å²) >= 11 is 1.50. The highest BCUT2D eigenvalue weighted by Gasteiger charge is 2.24. The van der Waals surface area contributed by atoms with Crippen LogP contribution in [0.25, 0.3) is 4.96 Å². The first-order chi connectivity index (χ1) is 9.15. The van der Waals surface area contributed by atoms with E-state index in [-0.39, 0.29) is 11.8 Å². The van der Waals surface area contributed by atoms with Gasteiger partial charge in [-0.25, -0.2) is 4.98 Å². The quantitative estimate of drug-likeness (QED) is 0.771. The molecule has 0 atom stereocenters. The molecule has 0 saturated carbocycles. The van der Waals surface area contributed by atoms with Crippen LogP contribution in [0.1, 0.15) is 17.4 Å². The van der Waals surface area contributed by atoms with Crippen LogP contribution in [0.4, 0.5) is 0 Å². The Morgan fingerprint density at radius 2 is 1.89 bits per heavy atom. The lowest BCUT2D eigenvalue weighted by Gasteiger charge is -2.33. The predicted octanol–water partition coefficient (Wildman–Crippen LogP) is 0.700. The maximum absolute atomic E-state index is 12.3. The van der Waals surface area contributed by atoms with E-state index in [0.29, 0.717) is 31.9 Å². The molecule has 19 heavy (non-hydrogen) atoms. The third-order valence-electron chi connectivity index (χ3n) is 3.32. The molecule has 3 rings (SSSR count). The molecule has 0 aromatic carbocycles. The number of hydrogen-bond donors (Lipinski definition) is 0. The SMILES string of the molecule is CC(=O)N1CCN(C(=O)c2cn3ccsc3n2)CC1. The number of aromatic nitrogens is 2. The van der Waals surface area contributed by atoms with Gasteiger partial charge in [0.2, 0.25) is 5.91 Å². The van der Waals surface area contributed by atoms with Crippen molar-refractivity contribution in [3.63, 3.8) is 0 Å². The lowest BCUT2D eigenvalue weighted by molar-refractivity contribution is -0.130. The Morgan fingerprint density at radius 1 is 1.21 bits per heavy atom. The number of carbonyl (C=O) groups excluding carboxylic acids is 2. The molecule has 0 N–H and O–H groups in total. The van der Waals surface area contributed by atoms with E-state index < -0.39 is 0 Å². The molecule has 0 radical (unpaired) electrons. The molecule has 1 fully saturated rings. The fourth-order valence-corrected chi connectivity index (χ4v) is 2.92. The number of amides is 2. The van der Waals surface area contributed by atoms with Gasteiger partial charge in [0.15, 0.2) is 4.96 Å². The minimum Gasteiger partial charge on any atom is -0.339 e. The summed E-state index contributed by atoms with van der Waals surface area (Å²) in [6.07, 6.45) is 3.64. The molecule has 2 aromatic rings. The molecule has 3 heterocycles. The smallest absolute Gasteiger partial charge is 0.274 e. The van der Waals surface area contributed by atoms with Gasteiger partial charge in [-0.2, -0.15) is 0 Å². The third kappa shape index (κ3) is 2.21. The van der Waals surface area contributed by atoms with Crippen molar-refractivity contribution in [1.29, 1.82) is 0 Å². The van der Waals surface area contributed by atoms with Gasteiger partial charge in [0.05, 0.1) is 0 Å². The van der Waals surface area contributed by atoms with Crippen molar-refractivity contribution >= 4 is 28.1 Å². The van der Waals surface area contributed by atoms with Gasteiger partial charge in [0, 0.05) is 50.9 Å². The van der Waals surface area contributed by atoms with Gasteiger partial charge in [-0.05, 0) is 0 Å². The predicted molar refractivity (Wildman–Crippen MR) is 71.2 cm³/mol. The monoisotopic (exact) mass is 278 g/mol. The van der Waals surface area contributed by atoms with Crippen LogP contribution in [0.5, 0.6) is 0 Å². The van der Waals surface area contributed by atoms with Gasteiger partial charge in [0.1, 0.15) is 5.69 Å². The first kappa shape index (κ1) is 12.2. The van der Waals surface area contributed by atoms with Crippen molar-refractivity contribution < 1.29 is 9.59 Å². The van der Waals surface area contributed by atoms with Gasteiger partial charge in [-0.1, -0.05) is 0 Å². The normalized spacial score (nSPS) is 16.1. The van der Waals surface area contributed by atoms with Crippen LogP contribution in [0, 0.1) is 0 Å². The average molecular weight is 278 g/mol. The first-order valence-corrected chi connectivity index (χ1v) is 7.00. The van der Waals surface area contributed by atoms with Crippen LogP contribution >= 0.6 is 11.3 Å². The van der Waals surface area contributed by atoms with Crippen molar-refractivity contribution in [2.24, 2.45) is 0 Å². The minimum absolute atomic E-state index is 0.0564. The zero-order valence-electron chi connectivity index (χ0n) is 10.6. The molecule has 1 aliphatic rings. The van der Waals surface area contributed by atoms with Crippen LogP contribution in [0.15, 0.2) is 17.8 Å². The van der Waals surface area contributed by atoms with Crippen molar-refractivity contribution in [3.05, 3.63) is 23.5 Å². The largest absolute Gasteiger partial charge is 0.339 e. The zero-order valence-corrected chi connectivity index (χ0v) is 11.4. The number of thiazole rings is 1. The molecule has 6 nitrogen and oxygen atoms in total. The Morgan fingerprint density at radius 3 is 2.53 bits per heavy atom. The summed E-state index contributed by atoms with van der Waals surface area (Å²) in [6, 6.07) is 0. The van der Waals surface area contributed by atoms with Crippen molar-refractivity contribution in [3.8, 4) is 0 Å². The molecule has 0 spiro atoms. The molecule has 1 aliphatic heterocycles. The summed E-state index contributed by atoms with van der Waals surface area (Å²) < 4.78 is 1.85. The van der Waals surface area contributed by atoms with E-state index in [1.54, 1.807) is 22.9 Å². The molecular weight excluding hydrogens is 264 g/mol. The lowest BCUT2D eigenvalue weighted by atomic mass is 10.3. The van der Waals surface area contributed by atoms with Crippen molar-refractivity contribution in [2.75, 3.05) is 26.2 Å². The highest BCUT2D eigenvalue weighted by molar-refractivity contribution is 7.15. The average Bonchev–Trinajstić information content (AvgIpc) is 2.98. The van der Waals surface area contributed by atoms with Gasteiger partial charge >= 0.3 is 0 Å². The third-order valence-corrected chi connectivity index (χ3v) is 4.10. The van der Waals surface area contributed by atoms with Gasteiger partial charge in [-0.3, -0.25) is 14.0 Å². The Kier molecular flexibility index (Phi) is 2.98. The second kappa shape index (κ2) is 4.65. The van der Waals surface area contributed by atoms with Crippen LogP contribution in [-0.4, -0.2) is 57.2 Å². The molecule has 0 bridgehead atoms. The number of carbonyl (C=O) groups is 2. The summed E-state index contributed by atoms with van der Waals surface area (Å²) in [6.45, 7) is 3.90. The number of hydrogen-bond acceptors (Lipinski definition) is 4. The van der Waals surface area contributed by atoms with Crippen LogP contribution < -0.4 is 0 Å². The fraction of sp³-hybridized carbons (Fsp3) is 0.417. The zero-order chi connectivity index (χ0) is 13.4. The maximum Gasteiger partial charge on any atom is 0.274 e. The van der Waals surface area contributed by atoms with Crippen LogP contribution in [-0.2, 0) is 4.79 Å². The number of rotatable bonds is 1. The summed E-state index contributed by atoms with van der Waals surface area (Å²) in [5.41, 5.74) is 0.475. The second-order valence-electron chi connectivity index (χ2n) is 4.52. The Hall–Kier alpha value is -1.89. The Balaban J connectivity index is 1.71. The van der Waals surface area contributed by atoms with E-state index in [2.05, 4.69) is 4.98 Å². The van der Waals surface area contributed by atoms with Gasteiger partial charge < -0.3 is 9.80 Å². The van der Waals surface area contributed by atoms with Crippen molar-refractivity contribution in [1.82, 2.24) is 19.2 Å². The van der Waals surface area contributed by atoms with E-state index in [4.69, 9.17) is 0 Å².